The van der Waals surface area contributed by atoms with Crippen LogP contribution in [0, 0.1) is 11.2 Å². The molecular formula is C14H19BrFNO. The van der Waals surface area contributed by atoms with E-state index in [1.165, 1.54) is 18.9 Å². The van der Waals surface area contributed by atoms with Crippen molar-refractivity contribution < 1.29 is 9.13 Å². The predicted octanol–water partition coefficient (Wildman–Crippen LogP) is 3.49. The van der Waals surface area contributed by atoms with Gasteiger partial charge < -0.3 is 10.1 Å². The largest absolute Gasteiger partial charge is 0.385 e. The Morgan fingerprint density at radius 2 is 2.22 bits per heavy atom. The minimum absolute atomic E-state index is 0.199. The Bertz CT molecular complexity index is 407. The number of hydrogen-bond acceptors (Lipinski definition) is 2. The van der Waals surface area contributed by atoms with Crippen LogP contribution in [0.3, 0.4) is 0 Å². The Kier molecular flexibility index (Phi) is 4.76. The molecule has 2 nitrogen and oxygen atoms in total. The van der Waals surface area contributed by atoms with Crippen LogP contribution in [0.1, 0.15) is 24.8 Å². The lowest BCUT2D eigenvalue weighted by Crippen LogP contribution is -2.24. The summed E-state index contributed by atoms with van der Waals surface area (Å²) >= 11 is 3.28. The lowest BCUT2D eigenvalue weighted by Gasteiger charge is -2.16. The van der Waals surface area contributed by atoms with Crippen molar-refractivity contribution in [3.05, 3.63) is 34.1 Å². The van der Waals surface area contributed by atoms with E-state index in [0.29, 0.717) is 16.4 Å². The number of nitrogens with one attached hydrogen (secondary N) is 1. The fraction of sp³-hybridized carbons (Fsp3) is 0.571. The summed E-state index contributed by atoms with van der Waals surface area (Å²) in [7, 11) is 1.74. The van der Waals surface area contributed by atoms with Crippen molar-refractivity contribution in [1.82, 2.24) is 5.32 Å². The van der Waals surface area contributed by atoms with Crippen LogP contribution in [-0.2, 0) is 11.3 Å². The number of benzene rings is 1. The van der Waals surface area contributed by atoms with Crippen LogP contribution in [0.4, 0.5) is 4.39 Å². The van der Waals surface area contributed by atoms with Gasteiger partial charge in [-0.1, -0.05) is 12.1 Å². The van der Waals surface area contributed by atoms with E-state index in [0.717, 1.165) is 25.1 Å². The molecule has 1 fully saturated rings. The van der Waals surface area contributed by atoms with Crippen molar-refractivity contribution in [2.45, 2.75) is 25.8 Å². The van der Waals surface area contributed by atoms with Crippen molar-refractivity contribution in [3.63, 3.8) is 0 Å². The lowest BCUT2D eigenvalue weighted by molar-refractivity contribution is 0.171. The average molecular weight is 316 g/mol. The second kappa shape index (κ2) is 6.13. The number of rotatable bonds is 7. The summed E-state index contributed by atoms with van der Waals surface area (Å²) in [5.41, 5.74) is 1.40. The summed E-state index contributed by atoms with van der Waals surface area (Å²) in [5, 5.41) is 3.43. The van der Waals surface area contributed by atoms with Gasteiger partial charge in [0.1, 0.15) is 5.82 Å². The lowest BCUT2D eigenvalue weighted by atomic mass is 10.0. The number of halogens is 2. The Balaban J connectivity index is 1.80. The highest BCUT2D eigenvalue weighted by Crippen LogP contribution is 2.48. The third-order valence-electron chi connectivity index (χ3n) is 3.64. The first kappa shape index (κ1) is 14.0. The molecule has 0 spiro atoms. The molecule has 100 valence electrons. The average Bonchev–Trinajstić information content (AvgIpc) is 3.13. The van der Waals surface area contributed by atoms with Gasteiger partial charge in [-0.15, -0.1) is 0 Å². The molecule has 4 heteroatoms. The maximum atomic E-state index is 13.3. The molecule has 0 aromatic heterocycles. The summed E-state index contributed by atoms with van der Waals surface area (Å²) in [5.74, 6) is -0.199. The van der Waals surface area contributed by atoms with E-state index in [1.54, 1.807) is 13.2 Å². The van der Waals surface area contributed by atoms with Gasteiger partial charge in [-0.05, 0) is 52.2 Å². The van der Waals surface area contributed by atoms with E-state index in [2.05, 4.69) is 21.2 Å². The molecule has 0 heterocycles. The third-order valence-corrected chi connectivity index (χ3v) is 4.53. The Labute approximate surface area is 116 Å². The molecule has 0 radical (unpaired) electrons. The molecular weight excluding hydrogens is 297 g/mol. The second-order valence-corrected chi connectivity index (χ2v) is 5.85. The standard InChI is InChI=1S/C14H19BrFNO/c1-18-8-7-14(5-6-14)10-17-9-11-3-2-4-12(16)13(11)15/h2-4,17H,5-10H2,1H3. The summed E-state index contributed by atoms with van der Waals surface area (Å²) < 4.78 is 19.0. The smallest absolute Gasteiger partial charge is 0.137 e. The van der Waals surface area contributed by atoms with Gasteiger partial charge in [0.2, 0.25) is 0 Å². The van der Waals surface area contributed by atoms with E-state index in [4.69, 9.17) is 4.74 Å². The zero-order valence-electron chi connectivity index (χ0n) is 10.6. The third kappa shape index (κ3) is 3.53. The van der Waals surface area contributed by atoms with Crippen LogP contribution in [0.15, 0.2) is 22.7 Å². The fourth-order valence-corrected chi connectivity index (χ4v) is 2.56. The van der Waals surface area contributed by atoms with Gasteiger partial charge >= 0.3 is 0 Å². The van der Waals surface area contributed by atoms with Crippen molar-refractivity contribution in [2.24, 2.45) is 5.41 Å². The zero-order chi connectivity index (χ0) is 13.0. The second-order valence-electron chi connectivity index (χ2n) is 5.06. The normalized spacial score (nSPS) is 16.8. The molecule has 18 heavy (non-hydrogen) atoms. The van der Waals surface area contributed by atoms with E-state index < -0.39 is 0 Å². The monoisotopic (exact) mass is 315 g/mol. The van der Waals surface area contributed by atoms with Crippen LogP contribution >= 0.6 is 15.9 Å². The summed E-state index contributed by atoms with van der Waals surface area (Å²) in [6, 6.07) is 5.15. The minimum atomic E-state index is -0.199. The number of hydrogen-bond donors (Lipinski definition) is 1. The van der Waals surface area contributed by atoms with Crippen molar-refractivity contribution >= 4 is 15.9 Å². The van der Waals surface area contributed by atoms with Gasteiger partial charge in [-0.25, -0.2) is 4.39 Å². The molecule has 0 aliphatic heterocycles. The molecule has 0 bridgehead atoms. The van der Waals surface area contributed by atoms with Gasteiger partial charge in [0.25, 0.3) is 0 Å². The van der Waals surface area contributed by atoms with Crippen molar-refractivity contribution in [1.29, 1.82) is 0 Å². The molecule has 0 atom stereocenters. The Hall–Kier alpha value is -0.450. The number of methoxy groups -OCH3 is 1. The quantitative estimate of drug-likeness (QED) is 0.831. The Morgan fingerprint density at radius 3 is 2.89 bits per heavy atom. The van der Waals surface area contributed by atoms with Crippen LogP contribution < -0.4 is 5.32 Å². The first-order chi connectivity index (χ1) is 8.67. The van der Waals surface area contributed by atoms with Crippen LogP contribution in [-0.4, -0.2) is 20.3 Å². The highest BCUT2D eigenvalue weighted by molar-refractivity contribution is 9.10. The predicted molar refractivity (Wildman–Crippen MR) is 74.0 cm³/mol. The molecule has 0 saturated heterocycles. The highest BCUT2D eigenvalue weighted by Gasteiger charge is 2.41. The van der Waals surface area contributed by atoms with Gasteiger partial charge in [-0.3, -0.25) is 0 Å². The summed E-state index contributed by atoms with van der Waals surface area (Å²) in [4.78, 5) is 0. The topological polar surface area (TPSA) is 21.3 Å². The first-order valence-corrected chi connectivity index (χ1v) is 7.09. The van der Waals surface area contributed by atoms with E-state index in [-0.39, 0.29) is 5.82 Å². The van der Waals surface area contributed by atoms with Gasteiger partial charge in [0, 0.05) is 26.8 Å². The molecule has 2 rings (SSSR count). The van der Waals surface area contributed by atoms with Crippen LogP contribution in [0.25, 0.3) is 0 Å². The molecule has 1 saturated carbocycles. The van der Waals surface area contributed by atoms with Crippen molar-refractivity contribution in [2.75, 3.05) is 20.3 Å². The molecule has 1 aliphatic rings. The first-order valence-electron chi connectivity index (χ1n) is 6.29. The van der Waals surface area contributed by atoms with Crippen molar-refractivity contribution in [3.8, 4) is 0 Å². The molecule has 1 N–H and O–H groups in total. The van der Waals surface area contributed by atoms with Gasteiger partial charge in [0.05, 0.1) is 4.47 Å². The maximum absolute atomic E-state index is 13.3. The summed E-state index contributed by atoms with van der Waals surface area (Å²) in [6.07, 6.45) is 3.65. The highest BCUT2D eigenvalue weighted by atomic mass is 79.9. The molecule has 0 unspecified atom stereocenters. The number of ether oxygens (including phenoxy) is 1. The molecule has 0 amide bonds. The minimum Gasteiger partial charge on any atom is -0.385 e. The maximum Gasteiger partial charge on any atom is 0.137 e. The van der Waals surface area contributed by atoms with Crippen LogP contribution in [0.5, 0.6) is 0 Å². The van der Waals surface area contributed by atoms with Gasteiger partial charge in [0.15, 0.2) is 0 Å². The van der Waals surface area contributed by atoms with E-state index in [1.807, 2.05) is 6.07 Å². The van der Waals surface area contributed by atoms with Crippen LogP contribution in [0.2, 0.25) is 0 Å². The van der Waals surface area contributed by atoms with E-state index >= 15 is 0 Å². The molecule has 1 aromatic carbocycles. The van der Waals surface area contributed by atoms with E-state index in [9.17, 15) is 4.39 Å². The fourth-order valence-electron chi connectivity index (χ4n) is 2.16. The summed E-state index contributed by atoms with van der Waals surface area (Å²) in [6.45, 7) is 2.51. The zero-order valence-corrected chi connectivity index (χ0v) is 12.2. The molecule has 1 aromatic rings. The van der Waals surface area contributed by atoms with Gasteiger partial charge in [-0.2, -0.15) is 0 Å². The molecule has 1 aliphatic carbocycles. The Morgan fingerprint density at radius 1 is 1.44 bits per heavy atom. The SMILES string of the molecule is COCCC1(CNCc2cccc(F)c2Br)CC1.